The maximum absolute atomic E-state index is 12.6. The molecule has 1 aromatic carbocycles. The van der Waals surface area contributed by atoms with Crippen molar-refractivity contribution in [2.24, 2.45) is 4.99 Å². The van der Waals surface area contributed by atoms with E-state index in [1.807, 2.05) is 36.1 Å². The Morgan fingerprint density at radius 2 is 1.85 bits per heavy atom. The number of hydrogen-bond acceptors (Lipinski definition) is 7. The molecule has 2 aromatic rings. The smallest absolute Gasteiger partial charge is 0.325 e. The van der Waals surface area contributed by atoms with Crippen molar-refractivity contribution < 1.29 is 9.59 Å². The lowest BCUT2D eigenvalue weighted by atomic mass is 10.1. The van der Waals surface area contributed by atoms with Gasteiger partial charge in [0.15, 0.2) is 22.5 Å². The van der Waals surface area contributed by atoms with Crippen LogP contribution >= 0.6 is 11.8 Å². The van der Waals surface area contributed by atoms with Crippen LogP contribution in [0.15, 0.2) is 52.9 Å². The summed E-state index contributed by atoms with van der Waals surface area (Å²) in [5.41, 5.74) is 2.22. The summed E-state index contributed by atoms with van der Waals surface area (Å²) in [6.45, 7) is 2.52. The molecule has 2 aliphatic heterocycles. The Kier molecular flexibility index (Phi) is 4.53. The topological polar surface area (TPSA) is 90.8 Å². The number of nitrogens with one attached hydrogen (secondary N) is 1. The van der Waals surface area contributed by atoms with Crippen LogP contribution in [0.5, 0.6) is 0 Å². The summed E-state index contributed by atoms with van der Waals surface area (Å²) in [6, 6.07) is 8.83. The van der Waals surface area contributed by atoms with Crippen molar-refractivity contribution in [1.29, 1.82) is 0 Å². The average Bonchev–Trinajstić information content (AvgIpc) is 3.01. The minimum atomic E-state index is -0.583. The summed E-state index contributed by atoms with van der Waals surface area (Å²) < 4.78 is 0. The average molecular weight is 382 g/mol. The van der Waals surface area contributed by atoms with Crippen molar-refractivity contribution in [2.45, 2.75) is 30.8 Å². The Morgan fingerprint density at radius 1 is 1.15 bits per heavy atom. The number of aliphatic imine (C=N–C) groups is 1. The molecule has 138 valence electrons. The molecule has 8 nitrogen and oxygen atoms in total. The molecule has 3 amide bonds. The fraction of sp³-hybridized carbons (Fsp3) is 0.278. The number of amides is 3. The fourth-order valence-electron chi connectivity index (χ4n) is 3.06. The first-order valence-electron chi connectivity index (χ1n) is 8.45. The normalized spacial score (nSPS) is 21.8. The number of nitrogens with zero attached hydrogens (tertiary/aromatic N) is 5. The van der Waals surface area contributed by atoms with Crippen LogP contribution in [0, 0.1) is 6.92 Å². The Morgan fingerprint density at radius 3 is 2.56 bits per heavy atom. The molecule has 1 saturated heterocycles. The molecule has 2 atom stereocenters. The van der Waals surface area contributed by atoms with Crippen LogP contribution in [-0.2, 0) is 11.3 Å². The minimum Gasteiger partial charge on any atom is -0.331 e. The predicted octanol–water partition coefficient (Wildman–Crippen LogP) is 1.63. The van der Waals surface area contributed by atoms with Gasteiger partial charge < -0.3 is 9.80 Å². The van der Waals surface area contributed by atoms with E-state index in [4.69, 9.17) is 0 Å². The highest BCUT2D eigenvalue weighted by molar-refractivity contribution is 8.13. The summed E-state index contributed by atoms with van der Waals surface area (Å²) in [4.78, 5) is 41.0. The quantitative estimate of drug-likeness (QED) is 0.812. The molecule has 0 bridgehead atoms. The van der Waals surface area contributed by atoms with Crippen LogP contribution in [0.25, 0.3) is 0 Å². The van der Waals surface area contributed by atoms with Gasteiger partial charge in [0, 0.05) is 26.0 Å². The van der Waals surface area contributed by atoms with Gasteiger partial charge in [0.1, 0.15) is 0 Å². The minimum absolute atomic E-state index is 0.344. The summed E-state index contributed by atoms with van der Waals surface area (Å²) in [5.74, 6) is -0.344. The molecular weight excluding hydrogens is 364 g/mol. The van der Waals surface area contributed by atoms with E-state index in [0.717, 1.165) is 5.56 Å². The van der Waals surface area contributed by atoms with E-state index in [-0.39, 0.29) is 5.91 Å². The van der Waals surface area contributed by atoms with E-state index in [2.05, 4.69) is 20.3 Å². The molecular formula is C18H18N6O2S. The summed E-state index contributed by atoms with van der Waals surface area (Å²) in [5, 5.41) is 3.56. The zero-order valence-corrected chi connectivity index (χ0v) is 15.7. The fourth-order valence-corrected chi connectivity index (χ4v) is 3.91. The third kappa shape index (κ3) is 3.37. The van der Waals surface area contributed by atoms with Gasteiger partial charge in [0.2, 0.25) is 0 Å². The van der Waals surface area contributed by atoms with Gasteiger partial charge in [-0.25, -0.2) is 19.8 Å². The zero-order valence-electron chi connectivity index (χ0n) is 14.9. The second-order valence-corrected chi connectivity index (χ2v) is 7.36. The van der Waals surface area contributed by atoms with E-state index in [1.165, 1.54) is 22.2 Å². The van der Waals surface area contributed by atoms with Crippen molar-refractivity contribution >= 4 is 28.9 Å². The highest BCUT2D eigenvalue weighted by Gasteiger charge is 2.48. The summed E-state index contributed by atoms with van der Waals surface area (Å²) >= 11 is 1.29. The molecule has 4 rings (SSSR count). The van der Waals surface area contributed by atoms with Crippen LogP contribution in [0.1, 0.15) is 11.1 Å². The van der Waals surface area contributed by atoms with E-state index < -0.39 is 18.2 Å². The number of aromatic nitrogens is 2. The molecule has 3 heterocycles. The van der Waals surface area contributed by atoms with E-state index in [1.54, 1.807) is 25.5 Å². The SMILES string of the molecule is Cc1ccc(CN2C(Sc3ncccn3)=NC3C2C(=O)NC(=O)N3C)cc1. The van der Waals surface area contributed by atoms with E-state index in [9.17, 15) is 9.59 Å². The Labute approximate surface area is 160 Å². The number of thioether (sulfide) groups is 1. The number of fused-ring (bicyclic) bond motifs is 1. The van der Waals surface area contributed by atoms with Crippen molar-refractivity contribution in [1.82, 2.24) is 25.1 Å². The first-order chi connectivity index (χ1) is 13.0. The standard InChI is InChI=1S/C18H18N6O2S/c1-11-4-6-12(7-5-11)10-24-13-14(23(2)17(26)22-15(13)25)21-18(24)27-16-19-8-3-9-20-16/h3-9,13-14H,10H2,1-2H3,(H,22,25,26). The van der Waals surface area contributed by atoms with Crippen LogP contribution in [-0.4, -0.2) is 56.1 Å². The van der Waals surface area contributed by atoms with Crippen molar-refractivity contribution in [3.8, 4) is 0 Å². The van der Waals surface area contributed by atoms with Gasteiger partial charge >= 0.3 is 6.03 Å². The predicted molar refractivity (Wildman–Crippen MR) is 101 cm³/mol. The van der Waals surface area contributed by atoms with Gasteiger partial charge in [-0.2, -0.15) is 0 Å². The second-order valence-electron chi connectivity index (χ2n) is 6.42. The maximum Gasteiger partial charge on any atom is 0.325 e. The third-order valence-electron chi connectivity index (χ3n) is 4.52. The molecule has 1 fully saturated rings. The monoisotopic (exact) mass is 382 g/mol. The van der Waals surface area contributed by atoms with E-state index in [0.29, 0.717) is 16.9 Å². The molecule has 1 aromatic heterocycles. The number of amidine groups is 1. The number of benzene rings is 1. The number of urea groups is 1. The molecule has 9 heteroatoms. The number of hydrogen-bond donors (Lipinski definition) is 1. The number of carbonyl (C=O) groups is 2. The first-order valence-corrected chi connectivity index (χ1v) is 9.27. The molecule has 2 aliphatic rings. The Bertz CT molecular complexity index is 902. The Hall–Kier alpha value is -2.94. The van der Waals surface area contributed by atoms with Crippen molar-refractivity contribution in [2.75, 3.05) is 7.05 Å². The number of likely N-dealkylation sites (N-methyl/N-ethyl adjacent to an activating group) is 1. The number of rotatable bonds is 3. The first kappa shape index (κ1) is 17.5. The number of carbonyl (C=O) groups excluding carboxylic acids is 2. The highest BCUT2D eigenvalue weighted by Crippen LogP contribution is 2.31. The zero-order chi connectivity index (χ0) is 19.0. The van der Waals surface area contributed by atoms with Crippen LogP contribution in [0.4, 0.5) is 4.79 Å². The van der Waals surface area contributed by atoms with Gasteiger partial charge in [-0.05, 0) is 30.3 Å². The molecule has 0 aliphatic carbocycles. The van der Waals surface area contributed by atoms with Crippen molar-refractivity contribution in [3.63, 3.8) is 0 Å². The van der Waals surface area contributed by atoms with E-state index >= 15 is 0 Å². The second kappa shape index (κ2) is 6.99. The largest absolute Gasteiger partial charge is 0.331 e. The number of aryl methyl sites for hydroxylation is 1. The lowest BCUT2D eigenvalue weighted by Gasteiger charge is -2.36. The lowest BCUT2D eigenvalue weighted by Crippen LogP contribution is -2.63. The maximum atomic E-state index is 12.6. The van der Waals surface area contributed by atoms with Crippen LogP contribution < -0.4 is 5.32 Å². The third-order valence-corrected chi connectivity index (χ3v) is 5.44. The molecule has 2 unspecified atom stereocenters. The molecule has 27 heavy (non-hydrogen) atoms. The van der Waals surface area contributed by atoms with Crippen molar-refractivity contribution in [3.05, 3.63) is 53.9 Å². The lowest BCUT2D eigenvalue weighted by molar-refractivity contribution is -0.127. The van der Waals surface area contributed by atoms with Crippen LogP contribution in [0.3, 0.4) is 0 Å². The Balaban J connectivity index is 1.67. The van der Waals surface area contributed by atoms with Gasteiger partial charge in [0.25, 0.3) is 5.91 Å². The highest BCUT2D eigenvalue weighted by atomic mass is 32.2. The van der Waals surface area contributed by atoms with Gasteiger partial charge in [-0.15, -0.1) is 0 Å². The molecule has 1 N–H and O–H groups in total. The number of imide groups is 1. The summed E-state index contributed by atoms with van der Waals surface area (Å²) in [6.07, 6.45) is 2.75. The van der Waals surface area contributed by atoms with Gasteiger partial charge in [-0.1, -0.05) is 29.8 Å². The van der Waals surface area contributed by atoms with Gasteiger partial charge in [-0.3, -0.25) is 10.1 Å². The molecule has 0 saturated carbocycles. The summed E-state index contributed by atoms with van der Waals surface area (Å²) in [7, 11) is 1.64. The molecule has 0 radical (unpaired) electrons. The van der Waals surface area contributed by atoms with Gasteiger partial charge in [0.05, 0.1) is 0 Å². The molecule has 0 spiro atoms. The van der Waals surface area contributed by atoms with Crippen LogP contribution in [0.2, 0.25) is 0 Å².